The molecule has 2 aromatic carbocycles. The van der Waals surface area contributed by atoms with Gasteiger partial charge in [-0.2, -0.15) is 0 Å². The molecule has 20 heavy (non-hydrogen) atoms. The lowest BCUT2D eigenvalue weighted by atomic mass is 10.2. The molecule has 0 aliphatic heterocycles. The topological polar surface area (TPSA) is 29.1 Å². The maximum Gasteiger partial charge on any atom is 0.234 e. The van der Waals surface area contributed by atoms with Crippen LogP contribution in [-0.4, -0.2) is 11.7 Å². The van der Waals surface area contributed by atoms with Crippen LogP contribution in [0.4, 0.5) is 5.69 Å². The second-order valence-electron chi connectivity index (χ2n) is 4.51. The van der Waals surface area contributed by atoms with Crippen LogP contribution in [0.25, 0.3) is 0 Å². The fourth-order valence-corrected chi connectivity index (χ4v) is 2.87. The highest BCUT2D eigenvalue weighted by atomic mass is 79.9. The molecule has 0 unspecified atom stereocenters. The highest BCUT2D eigenvalue weighted by Gasteiger charge is 2.05. The molecule has 1 amide bonds. The average molecular weight is 350 g/mol. The van der Waals surface area contributed by atoms with Crippen LogP contribution in [0.5, 0.6) is 0 Å². The van der Waals surface area contributed by atoms with Gasteiger partial charge in [0.25, 0.3) is 0 Å². The van der Waals surface area contributed by atoms with Crippen LogP contribution in [0.3, 0.4) is 0 Å². The van der Waals surface area contributed by atoms with E-state index in [2.05, 4.69) is 52.4 Å². The van der Waals surface area contributed by atoms with Crippen LogP contribution in [0.15, 0.2) is 53.0 Å². The van der Waals surface area contributed by atoms with Crippen molar-refractivity contribution in [2.45, 2.75) is 12.7 Å². The zero-order chi connectivity index (χ0) is 14.4. The molecule has 0 fully saturated rings. The van der Waals surface area contributed by atoms with Crippen molar-refractivity contribution in [3.63, 3.8) is 0 Å². The Balaban J connectivity index is 1.78. The third-order valence-electron chi connectivity index (χ3n) is 2.77. The highest BCUT2D eigenvalue weighted by molar-refractivity contribution is 9.10. The number of benzene rings is 2. The van der Waals surface area contributed by atoms with Crippen LogP contribution in [0.2, 0.25) is 0 Å². The van der Waals surface area contributed by atoms with Crippen LogP contribution < -0.4 is 5.32 Å². The van der Waals surface area contributed by atoms with Gasteiger partial charge in [-0.25, -0.2) is 0 Å². The Morgan fingerprint density at radius 3 is 2.55 bits per heavy atom. The van der Waals surface area contributed by atoms with Gasteiger partial charge in [-0.3, -0.25) is 4.79 Å². The van der Waals surface area contributed by atoms with Crippen molar-refractivity contribution in [3.8, 4) is 0 Å². The molecule has 2 nitrogen and oxygen atoms in total. The number of anilines is 1. The fraction of sp³-hybridized carbons (Fsp3) is 0.188. The Morgan fingerprint density at radius 2 is 1.85 bits per heavy atom. The van der Waals surface area contributed by atoms with Gasteiger partial charge < -0.3 is 5.32 Å². The van der Waals surface area contributed by atoms with E-state index in [1.54, 1.807) is 11.8 Å². The third-order valence-corrected chi connectivity index (χ3v) is 4.47. The molecule has 0 aliphatic carbocycles. The summed E-state index contributed by atoms with van der Waals surface area (Å²) in [5.41, 5.74) is 3.31. The molecule has 0 atom stereocenters. The third kappa shape index (κ3) is 4.69. The molecule has 0 saturated heterocycles. The number of rotatable bonds is 5. The first-order chi connectivity index (χ1) is 9.65. The average Bonchev–Trinajstić information content (AvgIpc) is 2.44. The van der Waals surface area contributed by atoms with Crippen molar-refractivity contribution >= 4 is 39.3 Å². The molecule has 4 heteroatoms. The molecule has 0 spiro atoms. The lowest BCUT2D eigenvalue weighted by Crippen LogP contribution is -2.14. The van der Waals surface area contributed by atoms with Crippen molar-refractivity contribution in [2.24, 2.45) is 0 Å². The number of halogens is 1. The Labute approximate surface area is 132 Å². The smallest absolute Gasteiger partial charge is 0.234 e. The summed E-state index contributed by atoms with van der Waals surface area (Å²) in [6, 6.07) is 16.0. The summed E-state index contributed by atoms with van der Waals surface area (Å²) in [7, 11) is 0. The van der Waals surface area contributed by atoms with Gasteiger partial charge in [-0.15, -0.1) is 11.8 Å². The number of nitrogens with one attached hydrogen (secondary N) is 1. The molecular weight excluding hydrogens is 334 g/mol. The van der Waals surface area contributed by atoms with E-state index in [1.165, 1.54) is 11.1 Å². The summed E-state index contributed by atoms with van der Waals surface area (Å²) in [5.74, 6) is 1.33. The molecule has 2 rings (SSSR count). The van der Waals surface area contributed by atoms with E-state index in [0.29, 0.717) is 5.75 Å². The monoisotopic (exact) mass is 349 g/mol. The van der Waals surface area contributed by atoms with Gasteiger partial charge in [0, 0.05) is 10.2 Å². The van der Waals surface area contributed by atoms with Gasteiger partial charge >= 0.3 is 0 Å². The normalized spacial score (nSPS) is 10.3. The van der Waals surface area contributed by atoms with E-state index in [-0.39, 0.29) is 5.91 Å². The summed E-state index contributed by atoms with van der Waals surface area (Å²) in [4.78, 5) is 11.9. The summed E-state index contributed by atoms with van der Waals surface area (Å²) in [5, 5.41) is 2.90. The number of hydrogen-bond acceptors (Lipinski definition) is 2. The van der Waals surface area contributed by atoms with Crippen LogP contribution >= 0.6 is 27.7 Å². The number of aryl methyl sites for hydroxylation is 1. The molecule has 2 aromatic rings. The molecule has 1 N–H and O–H groups in total. The fourth-order valence-electron chi connectivity index (χ4n) is 1.69. The number of para-hydroxylation sites is 1. The van der Waals surface area contributed by atoms with Gasteiger partial charge in [0.15, 0.2) is 0 Å². The lowest BCUT2D eigenvalue weighted by molar-refractivity contribution is -0.113. The summed E-state index contributed by atoms with van der Waals surface area (Å²) in [6.45, 7) is 2.07. The first kappa shape index (κ1) is 15.1. The molecule has 0 bridgehead atoms. The van der Waals surface area contributed by atoms with E-state index >= 15 is 0 Å². The zero-order valence-corrected chi connectivity index (χ0v) is 13.6. The van der Waals surface area contributed by atoms with Gasteiger partial charge in [0.1, 0.15) is 0 Å². The standard InChI is InChI=1S/C16H16BrNOS/c1-12-6-8-13(9-7-12)10-20-11-16(19)18-15-5-3-2-4-14(15)17/h2-9H,10-11H2,1H3,(H,18,19). The predicted molar refractivity (Wildman–Crippen MR) is 90.1 cm³/mol. The Hall–Kier alpha value is -1.26. The van der Waals surface area contributed by atoms with Crippen molar-refractivity contribution in [2.75, 3.05) is 11.1 Å². The van der Waals surface area contributed by atoms with Gasteiger partial charge in [0.2, 0.25) is 5.91 Å². The maximum absolute atomic E-state index is 11.9. The summed E-state index contributed by atoms with van der Waals surface area (Å²) in [6.07, 6.45) is 0. The number of carbonyl (C=O) groups excluding carboxylic acids is 1. The minimum absolute atomic E-state index is 0.0222. The van der Waals surface area contributed by atoms with Crippen molar-refractivity contribution < 1.29 is 4.79 Å². The SMILES string of the molecule is Cc1ccc(CSCC(=O)Nc2ccccc2Br)cc1. The molecule has 0 aliphatic rings. The Bertz CT molecular complexity index is 583. The van der Waals surface area contributed by atoms with Crippen LogP contribution in [-0.2, 0) is 10.5 Å². The number of carbonyl (C=O) groups is 1. The Kier molecular flexibility index (Phi) is 5.68. The minimum atomic E-state index is 0.0222. The second-order valence-corrected chi connectivity index (χ2v) is 6.35. The molecule has 0 radical (unpaired) electrons. The number of thioether (sulfide) groups is 1. The van der Waals surface area contributed by atoms with E-state index < -0.39 is 0 Å². The first-order valence-corrected chi connectivity index (χ1v) is 8.27. The van der Waals surface area contributed by atoms with E-state index in [1.807, 2.05) is 24.3 Å². The molecule has 0 aromatic heterocycles. The second kappa shape index (κ2) is 7.50. The van der Waals surface area contributed by atoms with E-state index in [9.17, 15) is 4.79 Å². The van der Waals surface area contributed by atoms with Gasteiger partial charge in [-0.05, 0) is 40.5 Å². The summed E-state index contributed by atoms with van der Waals surface area (Å²) >= 11 is 5.03. The van der Waals surface area contributed by atoms with Gasteiger partial charge in [0.05, 0.1) is 11.4 Å². The molecule has 0 heterocycles. The molecular formula is C16H16BrNOS. The van der Waals surface area contributed by atoms with Crippen molar-refractivity contribution in [3.05, 3.63) is 64.1 Å². The maximum atomic E-state index is 11.9. The summed E-state index contributed by atoms with van der Waals surface area (Å²) < 4.78 is 0.900. The first-order valence-electron chi connectivity index (χ1n) is 6.33. The van der Waals surface area contributed by atoms with E-state index in [0.717, 1.165) is 15.9 Å². The highest BCUT2D eigenvalue weighted by Crippen LogP contribution is 2.21. The van der Waals surface area contributed by atoms with Gasteiger partial charge in [-0.1, -0.05) is 42.0 Å². The number of hydrogen-bond donors (Lipinski definition) is 1. The Morgan fingerprint density at radius 1 is 1.15 bits per heavy atom. The zero-order valence-electron chi connectivity index (χ0n) is 11.2. The van der Waals surface area contributed by atoms with Crippen molar-refractivity contribution in [1.82, 2.24) is 0 Å². The van der Waals surface area contributed by atoms with Crippen LogP contribution in [0, 0.1) is 6.92 Å². The van der Waals surface area contributed by atoms with E-state index in [4.69, 9.17) is 0 Å². The van der Waals surface area contributed by atoms with Crippen molar-refractivity contribution in [1.29, 1.82) is 0 Å². The predicted octanol–water partition coefficient (Wildman–Crippen LogP) is 4.63. The molecule has 104 valence electrons. The lowest BCUT2D eigenvalue weighted by Gasteiger charge is -2.07. The minimum Gasteiger partial charge on any atom is -0.324 e. The van der Waals surface area contributed by atoms with Crippen LogP contribution in [0.1, 0.15) is 11.1 Å². The molecule has 0 saturated carbocycles. The quantitative estimate of drug-likeness (QED) is 0.852. The number of amides is 1. The largest absolute Gasteiger partial charge is 0.324 e.